The van der Waals surface area contributed by atoms with E-state index in [2.05, 4.69) is 10.6 Å². The average Bonchev–Trinajstić information content (AvgIpc) is 3.08. The smallest absolute Gasteiger partial charge is 0.258 e. The van der Waals surface area contributed by atoms with Crippen LogP contribution in [0.5, 0.6) is 0 Å². The molecule has 5 heteroatoms. The van der Waals surface area contributed by atoms with Gasteiger partial charge in [0.15, 0.2) is 5.60 Å². The molecule has 3 aliphatic rings. The van der Waals surface area contributed by atoms with Gasteiger partial charge in [-0.05, 0) is 37.3 Å². The van der Waals surface area contributed by atoms with Gasteiger partial charge in [-0.3, -0.25) is 4.79 Å². The van der Waals surface area contributed by atoms with Gasteiger partial charge in [0.1, 0.15) is 0 Å². The molecule has 1 aromatic rings. The van der Waals surface area contributed by atoms with Crippen LogP contribution < -0.4 is 16.4 Å². The van der Waals surface area contributed by atoms with Crippen molar-refractivity contribution in [3.63, 3.8) is 0 Å². The third-order valence-corrected chi connectivity index (χ3v) is 6.29. The van der Waals surface area contributed by atoms with E-state index in [1.54, 1.807) is 0 Å². The second kappa shape index (κ2) is 5.30. The van der Waals surface area contributed by atoms with E-state index < -0.39 is 11.8 Å². The van der Waals surface area contributed by atoms with Gasteiger partial charge in [-0.1, -0.05) is 36.8 Å². The molecule has 124 valence electrons. The number of benzene rings is 1. The lowest BCUT2D eigenvalue weighted by molar-refractivity contribution is -0.153. The summed E-state index contributed by atoms with van der Waals surface area (Å²) in [4.78, 5) is 13.0. The molecule has 1 heterocycles. The molecule has 2 aliphatic carbocycles. The molecule has 1 aliphatic heterocycles. The number of hydrogen-bond donors (Lipinski definition) is 4. The molecular weight excluding hydrogens is 290 g/mol. The zero-order valence-electron chi connectivity index (χ0n) is 13.3. The molecule has 2 saturated carbocycles. The number of rotatable bonds is 5. The van der Waals surface area contributed by atoms with Crippen LogP contribution in [0.2, 0.25) is 0 Å². The van der Waals surface area contributed by atoms with E-state index in [-0.39, 0.29) is 17.2 Å². The fourth-order valence-corrected chi connectivity index (χ4v) is 4.33. The molecule has 5 nitrogen and oxygen atoms in total. The number of piperidine rings is 1. The van der Waals surface area contributed by atoms with Gasteiger partial charge in [0.25, 0.3) is 5.91 Å². The van der Waals surface area contributed by atoms with Crippen LogP contribution in [0.25, 0.3) is 0 Å². The van der Waals surface area contributed by atoms with Crippen LogP contribution in [0.4, 0.5) is 0 Å². The highest BCUT2D eigenvalue weighted by atomic mass is 16.3. The van der Waals surface area contributed by atoms with Crippen LogP contribution in [0.1, 0.15) is 31.2 Å². The lowest BCUT2D eigenvalue weighted by atomic mass is 9.69. The van der Waals surface area contributed by atoms with Crippen LogP contribution in [0.3, 0.4) is 0 Å². The average molecular weight is 315 g/mol. The molecule has 0 spiro atoms. The van der Waals surface area contributed by atoms with E-state index >= 15 is 0 Å². The van der Waals surface area contributed by atoms with Gasteiger partial charge >= 0.3 is 0 Å². The Balaban J connectivity index is 1.56. The van der Waals surface area contributed by atoms with E-state index in [0.717, 1.165) is 38.8 Å². The molecule has 0 aromatic heterocycles. The Morgan fingerprint density at radius 2 is 2.13 bits per heavy atom. The van der Waals surface area contributed by atoms with E-state index in [9.17, 15) is 9.90 Å². The molecule has 4 unspecified atom stereocenters. The number of aliphatic hydroxyl groups is 1. The SMILES string of the molecule is NC(NC(=O)C(O)(c1ccccc1)C1CCC1)C12CNCC1C2. The highest BCUT2D eigenvalue weighted by molar-refractivity contribution is 5.87. The van der Waals surface area contributed by atoms with Crippen molar-refractivity contribution in [3.8, 4) is 0 Å². The predicted molar refractivity (Wildman–Crippen MR) is 87.2 cm³/mol. The van der Waals surface area contributed by atoms with E-state index in [1.807, 2.05) is 30.3 Å². The predicted octanol–water partition coefficient (Wildman–Crippen LogP) is 0.685. The van der Waals surface area contributed by atoms with Gasteiger partial charge in [0, 0.05) is 17.9 Å². The van der Waals surface area contributed by atoms with Crippen LogP contribution in [-0.2, 0) is 10.4 Å². The highest BCUT2D eigenvalue weighted by Crippen LogP contribution is 2.56. The summed E-state index contributed by atoms with van der Waals surface area (Å²) in [5.74, 6) is 0.199. The van der Waals surface area contributed by atoms with Crippen molar-refractivity contribution in [2.24, 2.45) is 23.0 Å². The summed E-state index contributed by atoms with van der Waals surface area (Å²) in [6.07, 6.45) is 3.49. The number of nitrogens with one attached hydrogen (secondary N) is 2. The first-order chi connectivity index (χ1) is 11.1. The van der Waals surface area contributed by atoms with Gasteiger partial charge in [0.2, 0.25) is 0 Å². The summed E-state index contributed by atoms with van der Waals surface area (Å²) in [5, 5.41) is 17.6. The summed E-state index contributed by atoms with van der Waals surface area (Å²) in [5.41, 5.74) is 5.50. The second-order valence-corrected chi connectivity index (χ2v) is 7.48. The van der Waals surface area contributed by atoms with Crippen LogP contribution in [0, 0.1) is 17.3 Å². The van der Waals surface area contributed by atoms with Crippen LogP contribution >= 0.6 is 0 Å². The molecule has 5 N–H and O–H groups in total. The maximum absolute atomic E-state index is 13.0. The molecule has 0 radical (unpaired) electrons. The molecule has 23 heavy (non-hydrogen) atoms. The zero-order valence-corrected chi connectivity index (χ0v) is 13.3. The number of carbonyl (C=O) groups is 1. The number of amides is 1. The van der Waals surface area contributed by atoms with Crippen molar-refractivity contribution in [3.05, 3.63) is 35.9 Å². The fraction of sp³-hybridized carbons (Fsp3) is 0.611. The first-order valence-electron chi connectivity index (χ1n) is 8.62. The lowest BCUT2D eigenvalue weighted by Crippen LogP contribution is -2.58. The third-order valence-electron chi connectivity index (χ3n) is 6.29. The lowest BCUT2D eigenvalue weighted by Gasteiger charge is -2.41. The maximum Gasteiger partial charge on any atom is 0.258 e. The Morgan fingerprint density at radius 3 is 2.65 bits per heavy atom. The Labute approximate surface area is 136 Å². The molecule has 4 atom stereocenters. The summed E-state index contributed by atoms with van der Waals surface area (Å²) in [7, 11) is 0. The van der Waals surface area contributed by atoms with Gasteiger partial charge in [-0.2, -0.15) is 0 Å². The second-order valence-electron chi connectivity index (χ2n) is 7.48. The van der Waals surface area contributed by atoms with Gasteiger partial charge in [0.05, 0.1) is 6.17 Å². The van der Waals surface area contributed by atoms with E-state index in [4.69, 9.17) is 5.73 Å². The summed E-state index contributed by atoms with van der Waals surface area (Å²) < 4.78 is 0. The van der Waals surface area contributed by atoms with Gasteiger partial charge in [-0.25, -0.2) is 0 Å². The summed E-state index contributed by atoms with van der Waals surface area (Å²) in [6.45, 7) is 1.83. The minimum absolute atomic E-state index is 0.00707. The van der Waals surface area contributed by atoms with Crippen LogP contribution in [-0.4, -0.2) is 30.3 Å². The van der Waals surface area contributed by atoms with Crippen LogP contribution in [0.15, 0.2) is 30.3 Å². The van der Waals surface area contributed by atoms with Gasteiger partial charge in [-0.15, -0.1) is 0 Å². The number of fused-ring (bicyclic) bond motifs is 1. The Hall–Kier alpha value is -1.43. The fourth-order valence-electron chi connectivity index (χ4n) is 4.33. The van der Waals surface area contributed by atoms with Crippen molar-refractivity contribution < 1.29 is 9.90 Å². The number of carbonyl (C=O) groups excluding carboxylic acids is 1. The van der Waals surface area contributed by atoms with Gasteiger partial charge < -0.3 is 21.5 Å². The topological polar surface area (TPSA) is 87.4 Å². The largest absolute Gasteiger partial charge is 0.375 e. The van der Waals surface area contributed by atoms with Crippen molar-refractivity contribution >= 4 is 5.91 Å². The molecule has 3 fully saturated rings. The van der Waals surface area contributed by atoms with Crippen molar-refractivity contribution in [2.75, 3.05) is 13.1 Å². The molecule has 1 amide bonds. The minimum Gasteiger partial charge on any atom is -0.375 e. The number of hydrogen-bond acceptors (Lipinski definition) is 4. The van der Waals surface area contributed by atoms with Crippen molar-refractivity contribution in [1.82, 2.24) is 10.6 Å². The quantitative estimate of drug-likeness (QED) is 0.602. The van der Waals surface area contributed by atoms with E-state index in [1.165, 1.54) is 0 Å². The van der Waals surface area contributed by atoms with E-state index in [0.29, 0.717) is 11.5 Å². The zero-order chi connectivity index (χ0) is 16.1. The molecular formula is C18H25N3O2. The first-order valence-corrected chi connectivity index (χ1v) is 8.62. The number of nitrogens with two attached hydrogens (primary N) is 1. The Kier molecular flexibility index (Phi) is 3.48. The monoisotopic (exact) mass is 315 g/mol. The summed E-state index contributed by atoms with van der Waals surface area (Å²) in [6, 6.07) is 9.29. The first kappa shape index (κ1) is 15.1. The standard InChI is InChI=1S/C18H25N3O2/c19-15(17-9-14(17)10-20-11-17)21-16(22)18(23,13-7-4-8-13)12-5-2-1-3-6-12/h1-3,5-6,13-15,20,23H,4,7-11,19H2,(H,21,22). The van der Waals surface area contributed by atoms with Crippen molar-refractivity contribution in [1.29, 1.82) is 0 Å². The summed E-state index contributed by atoms with van der Waals surface area (Å²) >= 11 is 0. The normalized spacial score (nSPS) is 33.2. The highest BCUT2D eigenvalue weighted by Gasteiger charge is 2.61. The molecule has 1 aromatic carbocycles. The van der Waals surface area contributed by atoms with Crippen molar-refractivity contribution in [2.45, 2.75) is 37.5 Å². The Morgan fingerprint density at radius 1 is 1.39 bits per heavy atom. The third kappa shape index (κ3) is 2.22. The molecule has 1 saturated heterocycles. The minimum atomic E-state index is -1.47. The maximum atomic E-state index is 13.0. The molecule has 4 rings (SSSR count). The molecule has 0 bridgehead atoms. The Bertz CT molecular complexity index is 604.